The predicted octanol–water partition coefficient (Wildman–Crippen LogP) is 3.89. The van der Waals surface area contributed by atoms with Gasteiger partial charge in [0, 0.05) is 31.3 Å². The Kier molecular flexibility index (Phi) is 8.24. The highest BCUT2D eigenvalue weighted by atomic mass is 16.5. The van der Waals surface area contributed by atoms with Gasteiger partial charge in [0.15, 0.2) is 11.5 Å². The maximum absolute atomic E-state index is 13.8. The van der Waals surface area contributed by atoms with Crippen molar-refractivity contribution in [3.05, 3.63) is 68.6 Å². The fourth-order valence-corrected chi connectivity index (χ4v) is 5.00. The molecular formula is C29H37N5O4. The standard InChI is InChI=1S/C29H37N5O4/c1-6-7-12-38-25-15-21-8-10-33-23(22(21)16-24(25)37-5)17-26(34(29(33)36)11-9-31-28(30)35)32-27-19(3)13-18(2)14-20(27)4/h13-17H,6-12H2,1-5H3,(H3,30,31,35). The molecule has 0 bridgehead atoms. The zero-order chi connectivity index (χ0) is 27.4. The minimum atomic E-state index is -0.634. The van der Waals surface area contributed by atoms with Crippen molar-refractivity contribution in [2.24, 2.45) is 10.7 Å². The van der Waals surface area contributed by atoms with E-state index < -0.39 is 6.03 Å². The van der Waals surface area contributed by atoms with Crippen LogP contribution in [0.5, 0.6) is 11.5 Å². The van der Waals surface area contributed by atoms with Gasteiger partial charge in [-0.25, -0.2) is 14.6 Å². The topological polar surface area (TPSA) is 113 Å². The molecule has 0 saturated heterocycles. The maximum atomic E-state index is 13.8. The van der Waals surface area contributed by atoms with E-state index in [9.17, 15) is 9.59 Å². The summed E-state index contributed by atoms with van der Waals surface area (Å²) in [4.78, 5) is 30.1. The number of nitrogens with zero attached hydrogens (tertiary/aromatic N) is 3. The Bertz CT molecular complexity index is 1460. The summed E-state index contributed by atoms with van der Waals surface area (Å²) in [6.07, 6.45) is 2.69. The number of benzene rings is 2. The van der Waals surface area contributed by atoms with Gasteiger partial charge >= 0.3 is 11.7 Å². The number of nitrogens with one attached hydrogen (secondary N) is 1. The summed E-state index contributed by atoms with van der Waals surface area (Å²) in [6, 6.07) is 9.45. The Hall–Kier alpha value is -4.01. The van der Waals surface area contributed by atoms with E-state index in [0.717, 1.165) is 57.8 Å². The molecule has 0 fully saturated rings. The van der Waals surface area contributed by atoms with Crippen molar-refractivity contribution in [1.82, 2.24) is 14.5 Å². The van der Waals surface area contributed by atoms with Gasteiger partial charge in [-0.3, -0.25) is 9.13 Å². The SMILES string of the molecule is CCCCOc1cc2c(cc1OC)-c1cc(=Nc3c(C)cc(C)cc3C)n(CCNC(N)=O)c(=O)n1CC2. The number of hydrogen-bond acceptors (Lipinski definition) is 5. The smallest absolute Gasteiger partial charge is 0.330 e. The van der Waals surface area contributed by atoms with Crippen molar-refractivity contribution in [2.75, 3.05) is 20.3 Å². The highest BCUT2D eigenvalue weighted by Crippen LogP contribution is 2.38. The van der Waals surface area contributed by atoms with Crippen LogP contribution < -0.4 is 31.7 Å². The summed E-state index contributed by atoms with van der Waals surface area (Å²) in [5.74, 6) is 1.35. The van der Waals surface area contributed by atoms with Crippen LogP contribution in [0.3, 0.4) is 0 Å². The average molecular weight is 520 g/mol. The largest absolute Gasteiger partial charge is 0.493 e. The number of methoxy groups -OCH3 is 1. The summed E-state index contributed by atoms with van der Waals surface area (Å²) < 4.78 is 15.0. The van der Waals surface area contributed by atoms with Gasteiger partial charge in [-0.15, -0.1) is 0 Å². The minimum Gasteiger partial charge on any atom is -0.493 e. The third-order valence-electron chi connectivity index (χ3n) is 6.82. The first-order valence-corrected chi connectivity index (χ1v) is 13.1. The summed E-state index contributed by atoms with van der Waals surface area (Å²) in [5.41, 5.74) is 12.4. The molecule has 9 nitrogen and oxygen atoms in total. The molecule has 3 N–H and O–H groups in total. The predicted molar refractivity (Wildman–Crippen MR) is 148 cm³/mol. The van der Waals surface area contributed by atoms with Crippen molar-refractivity contribution >= 4 is 11.7 Å². The first-order valence-electron chi connectivity index (χ1n) is 13.1. The first-order chi connectivity index (χ1) is 18.2. The second kappa shape index (κ2) is 11.6. The van der Waals surface area contributed by atoms with Crippen LogP contribution >= 0.6 is 0 Å². The van der Waals surface area contributed by atoms with Gasteiger partial charge in [-0.1, -0.05) is 31.0 Å². The monoisotopic (exact) mass is 519 g/mol. The molecule has 0 unspecified atom stereocenters. The van der Waals surface area contributed by atoms with Crippen molar-refractivity contribution in [3.63, 3.8) is 0 Å². The van der Waals surface area contributed by atoms with Gasteiger partial charge in [-0.05, 0) is 62.4 Å². The van der Waals surface area contributed by atoms with Crippen LogP contribution in [0.25, 0.3) is 11.3 Å². The van der Waals surface area contributed by atoms with Crippen molar-refractivity contribution in [2.45, 2.75) is 60.0 Å². The van der Waals surface area contributed by atoms with Crippen molar-refractivity contribution in [3.8, 4) is 22.8 Å². The molecule has 1 aliphatic rings. The lowest BCUT2D eigenvalue weighted by Crippen LogP contribution is -2.44. The zero-order valence-corrected chi connectivity index (χ0v) is 22.9. The summed E-state index contributed by atoms with van der Waals surface area (Å²) >= 11 is 0. The highest BCUT2D eigenvalue weighted by molar-refractivity contribution is 5.71. The summed E-state index contributed by atoms with van der Waals surface area (Å²) in [6.45, 7) is 9.81. The fraction of sp³-hybridized carbons (Fsp3) is 0.414. The van der Waals surface area contributed by atoms with Crippen LogP contribution in [0.4, 0.5) is 10.5 Å². The lowest BCUT2D eigenvalue weighted by Gasteiger charge is -2.25. The Morgan fingerprint density at radius 2 is 1.84 bits per heavy atom. The molecule has 1 aromatic heterocycles. The van der Waals surface area contributed by atoms with Crippen LogP contribution in [0, 0.1) is 20.8 Å². The van der Waals surface area contributed by atoms with E-state index in [0.29, 0.717) is 30.8 Å². The molecule has 3 aromatic rings. The lowest BCUT2D eigenvalue weighted by molar-refractivity contribution is 0.248. The van der Waals surface area contributed by atoms with Gasteiger partial charge in [0.25, 0.3) is 0 Å². The number of fused-ring (bicyclic) bond motifs is 3. The number of aryl methyl sites for hydroxylation is 4. The van der Waals surface area contributed by atoms with E-state index >= 15 is 0 Å². The molecule has 2 heterocycles. The Balaban J connectivity index is 1.91. The summed E-state index contributed by atoms with van der Waals surface area (Å²) in [5, 5.41) is 2.58. The quantitative estimate of drug-likeness (QED) is 0.418. The molecule has 2 aromatic carbocycles. The number of carbonyl (C=O) groups is 1. The van der Waals surface area contributed by atoms with Gasteiger partial charge in [-0.2, -0.15) is 0 Å². The fourth-order valence-electron chi connectivity index (χ4n) is 5.00. The number of ether oxygens (including phenoxy) is 2. The minimum absolute atomic E-state index is 0.192. The van der Waals surface area contributed by atoms with Gasteiger partial charge in [0.2, 0.25) is 0 Å². The molecule has 2 amide bonds. The van der Waals surface area contributed by atoms with E-state index in [-0.39, 0.29) is 18.8 Å². The van der Waals surface area contributed by atoms with Crippen LogP contribution in [-0.4, -0.2) is 35.4 Å². The van der Waals surface area contributed by atoms with Gasteiger partial charge < -0.3 is 20.5 Å². The molecule has 38 heavy (non-hydrogen) atoms. The molecule has 0 spiro atoms. The Labute approximate surface area is 222 Å². The molecule has 0 saturated carbocycles. The molecule has 9 heteroatoms. The number of primary amides is 1. The molecule has 1 aliphatic heterocycles. The number of hydrogen-bond donors (Lipinski definition) is 2. The highest BCUT2D eigenvalue weighted by Gasteiger charge is 2.22. The number of unbranched alkanes of at least 4 members (excludes halogenated alkanes) is 1. The summed E-state index contributed by atoms with van der Waals surface area (Å²) in [7, 11) is 1.62. The number of amides is 2. The molecule has 4 rings (SSSR count). The van der Waals surface area contributed by atoms with Crippen LogP contribution in [-0.2, 0) is 19.5 Å². The third kappa shape index (κ3) is 5.61. The number of urea groups is 1. The second-order valence-corrected chi connectivity index (χ2v) is 9.74. The first kappa shape index (κ1) is 27.0. The van der Waals surface area contributed by atoms with E-state index in [4.69, 9.17) is 20.2 Å². The van der Waals surface area contributed by atoms with Crippen LogP contribution in [0.1, 0.15) is 42.0 Å². The van der Waals surface area contributed by atoms with Gasteiger partial charge in [0.1, 0.15) is 5.49 Å². The number of carbonyl (C=O) groups excluding carboxylic acids is 1. The van der Waals surface area contributed by atoms with Crippen LogP contribution in [0.15, 0.2) is 40.1 Å². The van der Waals surface area contributed by atoms with Gasteiger partial charge in [0.05, 0.1) is 25.1 Å². The zero-order valence-electron chi connectivity index (χ0n) is 22.9. The maximum Gasteiger partial charge on any atom is 0.330 e. The van der Waals surface area contributed by atoms with E-state index in [1.54, 1.807) is 16.2 Å². The van der Waals surface area contributed by atoms with Crippen LogP contribution in [0.2, 0.25) is 0 Å². The molecule has 0 aliphatic carbocycles. The van der Waals surface area contributed by atoms with Crippen molar-refractivity contribution < 1.29 is 14.3 Å². The van der Waals surface area contributed by atoms with E-state index in [1.165, 1.54) is 0 Å². The van der Waals surface area contributed by atoms with E-state index in [2.05, 4.69) is 31.3 Å². The molecule has 202 valence electrons. The lowest BCUT2D eigenvalue weighted by atomic mass is 9.97. The number of rotatable bonds is 9. The van der Waals surface area contributed by atoms with E-state index in [1.807, 2.05) is 32.0 Å². The normalized spacial score (nSPS) is 12.6. The Morgan fingerprint density at radius 3 is 2.50 bits per heavy atom. The molecule has 0 atom stereocenters. The molecular weight excluding hydrogens is 482 g/mol. The third-order valence-corrected chi connectivity index (χ3v) is 6.82. The Morgan fingerprint density at radius 1 is 1.11 bits per heavy atom. The second-order valence-electron chi connectivity index (χ2n) is 9.74. The number of nitrogens with two attached hydrogens (primary N) is 1. The van der Waals surface area contributed by atoms with Crippen molar-refractivity contribution in [1.29, 1.82) is 0 Å². The average Bonchev–Trinajstić information content (AvgIpc) is 2.87. The number of aromatic nitrogens is 2. The molecule has 0 radical (unpaired) electrons.